The molecule has 1 aromatic heterocycles. The molecular weight excluding hydrogens is 364 g/mol. The van der Waals surface area contributed by atoms with Crippen molar-refractivity contribution in [2.24, 2.45) is 0 Å². The van der Waals surface area contributed by atoms with E-state index in [4.69, 9.17) is 4.74 Å². The Balaban J connectivity index is 1.87. The number of amides is 1. The number of carbonyl (C=O) groups is 2. The molecule has 28 heavy (non-hydrogen) atoms. The summed E-state index contributed by atoms with van der Waals surface area (Å²) in [7, 11) is 1.18. The lowest BCUT2D eigenvalue weighted by Gasteiger charge is -2.12. The third-order valence-corrected chi connectivity index (χ3v) is 3.90. The number of rotatable bonds is 6. The van der Waals surface area contributed by atoms with E-state index < -0.39 is 18.4 Å². The summed E-state index contributed by atoms with van der Waals surface area (Å²) in [5.74, 6) is -0.529. The van der Waals surface area contributed by atoms with Crippen molar-refractivity contribution in [2.45, 2.75) is 6.92 Å². The van der Waals surface area contributed by atoms with Gasteiger partial charge in [0.1, 0.15) is 18.0 Å². The number of para-hydroxylation sites is 1. The number of hydrogen-bond donors (Lipinski definition) is 2. The molecule has 3 rings (SSSR count). The Morgan fingerprint density at radius 3 is 2.54 bits per heavy atom. The Morgan fingerprint density at radius 1 is 1.07 bits per heavy atom. The van der Waals surface area contributed by atoms with Gasteiger partial charge in [-0.1, -0.05) is 18.2 Å². The number of fused-ring (bicyclic) bond motifs is 1. The Kier molecular flexibility index (Phi) is 5.71. The van der Waals surface area contributed by atoms with Crippen molar-refractivity contribution in [3.05, 3.63) is 59.9 Å². The number of carbonyl (C=O) groups excluding carboxylic acids is 2. The first-order chi connectivity index (χ1) is 13.5. The minimum absolute atomic E-state index is 0.188. The van der Waals surface area contributed by atoms with Gasteiger partial charge in [0.05, 0.1) is 7.11 Å². The van der Waals surface area contributed by atoms with Gasteiger partial charge in [0.2, 0.25) is 0 Å². The number of aryl methyl sites for hydroxylation is 1. The fraction of sp³-hybridized carbons (Fsp3) is 0.150. The van der Waals surface area contributed by atoms with Crippen molar-refractivity contribution in [1.82, 2.24) is 10.3 Å². The Hall–Kier alpha value is -3.65. The molecule has 0 fully saturated rings. The fourth-order valence-electron chi connectivity index (χ4n) is 2.64. The van der Waals surface area contributed by atoms with Crippen LogP contribution < -0.4 is 10.1 Å². The number of nitrogens with one attached hydrogen (secondary N) is 1. The minimum Gasteiger partial charge on any atom is -0.505 e. The maximum atomic E-state index is 12.3. The van der Waals surface area contributed by atoms with E-state index in [0.717, 1.165) is 0 Å². The van der Waals surface area contributed by atoms with Crippen LogP contribution in [0, 0.1) is 6.92 Å². The van der Waals surface area contributed by atoms with Gasteiger partial charge in [-0.3, -0.25) is 9.68 Å². The second kappa shape index (κ2) is 8.36. The quantitative estimate of drug-likeness (QED) is 0.499. The van der Waals surface area contributed by atoms with Crippen LogP contribution in [-0.4, -0.2) is 35.6 Å². The highest BCUT2D eigenvalue weighted by Gasteiger charge is 2.19. The molecule has 0 aliphatic heterocycles. The van der Waals surface area contributed by atoms with Crippen LogP contribution in [-0.2, 0) is 14.6 Å². The van der Waals surface area contributed by atoms with E-state index in [1.165, 1.54) is 7.11 Å². The average Bonchev–Trinajstić information content (AvgIpc) is 2.70. The van der Waals surface area contributed by atoms with Gasteiger partial charge in [-0.2, -0.15) is 4.89 Å². The molecule has 0 unspecified atom stereocenters. The van der Waals surface area contributed by atoms with E-state index in [2.05, 4.69) is 20.1 Å². The standard InChI is InChI=1S/C20H18N2O6/c1-12-16-10-14(27-13-6-4-3-5-7-13)8-9-15(16)19(24)18(22-12)20(25)21-11-17(23)28-26-2/h3-10,24H,11H2,1-2H3,(H,21,25). The number of ether oxygens (including phenoxy) is 1. The van der Waals surface area contributed by atoms with Crippen molar-refractivity contribution >= 4 is 22.6 Å². The summed E-state index contributed by atoms with van der Waals surface area (Å²) in [5.41, 5.74) is 0.336. The normalized spacial score (nSPS) is 10.5. The molecule has 0 aliphatic rings. The maximum absolute atomic E-state index is 12.3. The van der Waals surface area contributed by atoms with Crippen LogP contribution in [0.3, 0.4) is 0 Å². The molecule has 8 heteroatoms. The lowest BCUT2D eigenvalue weighted by Crippen LogP contribution is -2.31. The summed E-state index contributed by atoms with van der Waals surface area (Å²) in [5, 5.41) is 13.9. The highest BCUT2D eigenvalue weighted by molar-refractivity contribution is 6.03. The summed E-state index contributed by atoms with van der Waals surface area (Å²) in [4.78, 5) is 36.2. The Bertz CT molecular complexity index is 1020. The molecule has 8 nitrogen and oxygen atoms in total. The highest BCUT2D eigenvalue weighted by Crippen LogP contribution is 2.33. The van der Waals surface area contributed by atoms with Gasteiger partial charge in [0, 0.05) is 16.5 Å². The van der Waals surface area contributed by atoms with Crippen molar-refractivity contribution in [3.8, 4) is 17.2 Å². The zero-order chi connectivity index (χ0) is 20.1. The summed E-state index contributed by atoms with van der Waals surface area (Å²) in [6.45, 7) is 1.29. The predicted octanol–water partition coefficient (Wildman–Crippen LogP) is 2.88. The van der Waals surface area contributed by atoms with Crippen LogP contribution in [0.25, 0.3) is 10.8 Å². The van der Waals surface area contributed by atoms with Crippen LogP contribution in [0.1, 0.15) is 16.2 Å². The zero-order valence-electron chi connectivity index (χ0n) is 15.3. The van der Waals surface area contributed by atoms with E-state index in [1.807, 2.05) is 30.3 Å². The molecule has 3 aromatic rings. The largest absolute Gasteiger partial charge is 0.505 e. The number of aromatic hydroxyl groups is 1. The molecule has 0 saturated heterocycles. The van der Waals surface area contributed by atoms with Gasteiger partial charge in [-0.25, -0.2) is 9.78 Å². The summed E-state index contributed by atoms with van der Waals surface area (Å²) >= 11 is 0. The minimum atomic E-state index is -0.782. The number of nitrogens with zero attached hydrogens (tertiary/aromatic N) is 1. The SMILES string of the molecule is COOC(=O)CNC(=O)c1nc(C)c2cc(Oc3ccccc3)ccc2c1O. The fourth-order valence-corrected chi connectivity index (χ4v) is 2.64. The molecule has 1 heterocycles. The van der Waals surface area contributed by atoms with Crippen LogP contribution in [0.2, 0.25) is 0 Å². The summed E-state index contributed by atoms with van der Waals surface area (Å²) in [6, 6.07) is 14.3. The van der Waals surface area contributed by atoms with Gasteiger partial charge < -0.3 is 15.2 Å². The van der Waals surface area contributed by atoms with E-state index in [9.17, 15) is 14.7 Å². The number of pyridine rings is 1. The second-order valence-corrected chi connectivity index (χ2v) is 5.82. The molecule has 0 aliphatic carbocycles. The average molecular weight is 382 g/mol. The predicted molar refractivity (Wildman–Crippen MR) is 100 cm³/mol. The van der Waals surface area contributed by atoms with Gasteiger partial charge in [-0.05, 0) is 37.3 Å². The summed E-state index contributed by atoms with van der Waals surface area (Å²) in [6.07, 6.45) is 0. The van der Waals surface area contributed by atoms with Gasteiger partial charge >= 0.3 is 5.97 Å². The van der Waals surface area contributed by atoms with Crippen LogP contribution in [0.4, 0.5) is 0 Å². The molecule has 144 valence electrons. The molecule has 2 N–H and O–H groups in total. The second-order valence-electron chi connectivity index (χ2n) is 5.82. The van der Waals surface area contributed by atoms with E-state index in [1.54, 1.807) is 25.1 Å². The van der Waals surface area contributed by atoms with Crippen molar-refractivity contribution in [1.29, 1.82) is 0 Å². The number of benzene rings is 2. The smallest absolute Gasteiger partial charge is 0.361 e. The van der Waals surface area contributed by atoms with Gasteiger partial charge in [0.25, 0.3) is 5.91 Å². The first-order valence-electron chi connectivity index (χ1n) is 8.37. The monoisotopic (exact) mass is 382 g/mol. The van der Waals surface area contributed by atoms with Crippen molar-refractivity contribution in [2.75, 3.05) is 13.7 Å². The van der Waals surface area contributed by atoms with E-state index >= 15 is 0 Å². The van der Waals surface area contributed by atoms with Crippen molar-refractivity contribution in [3.63, 3.8) is 0 Å². The topological polar surface area (TPSA) is 107 Å². The van der Waals surface area contributed by atoms with Crippen LogP contribution in [0.5, 0.6) is 17.2 Å². The first kappa shape index (κ1) is 19.1. The lowest BCUT2D eigenvalue weighted by atomic mass is 10.1. The zero-order valence-corrected chi connectivity index (χ0v) is 15.3. The molecule has 1 amide bonds. The third kappa shape index (κ3) is 4.18. The molecule has 0 saturated carbocycles. The van der Waals surface area contributed by atoms with Crippen LogP contribution in [0.15, 0.2) is 48.5 Å². The van der Waals surface area contributed by atoms with Gasteiger partial charge in [0.15, 0.2) is 11.4 Å². The van der Waals surface area contributed by atoms with E-state index in [0.29, 0.717) is 28.0 Å². The highest BCUT2D eigenvalue weighted by atomic mass is 17.2. The van der Waals surface area contributed by atoms with Crippen LogP contribution >= 0.6 is 0 Å². The lowest BCUT2D eigenvalue weighted by molar-refractivity contribution is -0.253. The molecule has 0 bridgehead atoms. The van der Waals surface area contributed by atoms with Gasteiger partial charge in [-0.15, -0.1) is 0 Å². The van der Waals surface area contributed by atoms with E-state index in [-0.39, 0.29) is 11.4 Å². The molecule has 0 radical (unpaired) electrons. The maximum Gasteiger partial charge on any atom is 0.361 e. The first-order valence-corrected chi connectivity index (χ1v) is 8.37. The molecule has 2 aromatic carbocycles. The van der Waals surface area contributed by atoms with Crippen molar-refractivity contribution < 1.29 is 29.2 Å². The molecular formula is C20H18N2O6. The number of hydrogen-bond acceptors (Lipinski definition) is 7. The Morgan fingerprint density at radius 2 is 1.82 bits per heavy atom. The number of aromatic nitrogens is 1. The molecule has 0 atom stereocenters. The Labute approximate surface area is 160 Å². The third-order valence-electron chi connectivity index (χ3n) is 3.90. The molecule has 0 spiro atoms. The summed E-state index contributed by atoms with van der Waals surface area (Å²) < 4.78 is 5.79.